The van der Waals surface area contributed by atoms with E-state index in [0.29, 0.717) is 18.0 Å². The molecule has 4 nitrogen and oxygen atoms in total. The number of nitrogens with zero attached hydrogens (tertiary/aromatic N) is 1. The fourth-order valence-corrected chi connectivity index (χ4v) is 3.19. The molecule has 1 amide bonds. The van der Waals surface area contributed by atoms with Crippen LogP contribution in [0.2, 0.25) is 0 Å². The molecule has 0 bridgehead atoms. The van der Waals surface area contributed by atoms with E-state index >= 15 is 0 Å². The van der Waals surface area contributed by atoms with Gasteiger partial charge in [0.05, 0.1) is 6.54 Å². The topological polar surface area (TPSA) is 45.5 Å². The largest absolute Gasteiger partial charge is 0.465 e. The Morgan fingerprint density at radius 3 is 2.79 bits per heavy atom. The van der Waals surface area contributed by atoms with Crippen molar-refractivity contribution in [3.05, 3.63) is 59.3 Å². The van der Waals surface area contributed by atoms with Crippen LogP contribution in [0.25, 0.3) is 0 Å². The summed E-state index contributed by atoms with van der Waals surface area (Å²) >= 11 is 0. The summed E-state index contributed by atoms with van der Waals surface area (Å²) in [6.07, 6.45) is 2.23. The molecule has 5 heteroatoms. The number of halogens is 1. The lowest BCUT2D eigenvalue weighted by atomic mass is 9.97. The first kappa shape index (κ1) is 16.7. The third kappa shape index (κ3) is 4.45. The van der Waals surface area contributed by atoms with Crippen LogP contribution in [0.15, 0.2) is 40.8 Å². The summed E-state index contributed by atoms with van der Waals surface area (Å²) in [5.74, 6) is 1.88. The molecule has 0 unspecified atom stereocenters. The highest BCUT2D eigenvalue weighted by Crippen LogP contribution is 2.19. The van der Waals surface area contributed by atoms with Crippen LogP contribution < -0.4 is 5.32 Å². The van der Waals surface area contributed by atoms with Gasteiger partial charge in [-0.1, -0.05) is 0 Å². The van der Waals surface area contributed by atoms with Crippen molar-refractivity contribution < 1.29 is 13.6 Å². The van der Waals surface area contributed by atoms with E-state index < -0.39 is 0 Å². The Kier molecular flexibility index (Phi) is 5.30. The zero-order valence-electron chi connectivity index (χ0n) is 13.9. The van der Waals surface area contributed by atoms with E-state index in [2.05, 4.69) is 10.2 Å². The standard InChI is InChI=1S/C19H23FN2O2/c1-14-4-9-18(24-14)13-22-10-2-3-15(12-22)11-21-19(23)16-5-7-17(20)8-6-16/h4-9,15H,2-3,10-13H2,1H3,(H,21,23)/t15-/m0/s1. The summed E-state index contributed by atoms with van der Waals surface area (Å²) in [5.41, 5.74) is 0.495. The fourth-order valence-electron chi connectivity index (χ4n) is 3.19. The molecule has 24 heavy (non-hydrogen) atoms. The second kappa shape index (κ2) is 7.62. The van der Waals surface area contributed by atoms with Gasteiger partial charge in [-0.15, -0.1) is 0 Å². The molecular formula is C19H23FN2O2. The molecule has 1 N–H and O–H groups in total. The van der Waals surface area contributed by atoms with Crippen molar-refractivity contribution in [1.82, 2.24) is 10.2 Å². The van der Waals surface area contributed by atoms with Gasteiger partial charge in [-0.25, -0.2) is 4.39 Å². The highest BCUT2D eigenvalue weighted by Gasteiger charge is 2.21. The lowest BCUT2D eigenvalue weighted by Gasteiger charge is -2.32. The van der Waals surface area contributed by atoms with E-state index in [9.17, 15) is 9.18 Å². The van der Waals surface area contributed by atoms with Crippen molar-refractivity contribution >= 4 is 5.91 Å². The fraction of sp³-hybridized carbons (Fsp3) is 0.421. The summed E-state index contributed by atoms with van der Waals surface area (Å²) < 4.78 is 18.6. The van der Waals surface area contributed by atoms with Gasteiger partial charge in [-0.2, -0.15) is 0 Å². The maximum Gasteiger partial charge on any atom is 0.251 e. The number of piperidine rings is 1. The molecule has 1 atom stereocenters. The third-order valence-electron chi connectivity index (χ3n) is 4.44. The van der Waals surface area contributed by atoms with Gasteiger partial charge in [-0.3, -0.25) is 9.69 Å². The van der Waals surface area contributed by atoms with Crippen LogP contribution in [0.1, 0.15) is 34.7 Å². The number of furan rings is 1. The number of carbonyl (C=O) groups excluding carboxylic acids is 1. The smallest absolute Gasteiger partial charge is 0.251 e. The van der Waals surface area contributed by atoms with Crippen LogP contribution >= 0.6 is 0 Å². The first-order chi connectivity index (χ1) is 11.6. The Labute approximate surface area is 141 Å². The second-order valence-electron chi connectivity index (χ2n) is 6.47. The molecular weight excluding hydrogens is 307 g/mol. The summed E-state index contributed by atoms with van der Waals surface area (Å²) in [7, 11) is 0. The highest BCUT2D eigenvalue weighted by molar-refractivity contribution is 5.94. The van der Waals surface area contributed by atoms with Crippen LogP contribution in [0, 0.1) is 18.7 Å². The molecule has 1 aromatic heterocycles. The van der Waals surface area contributed by atoms with Gasteiger partial charge in [-0.05, 0) is 68.6 Å². The van der Waals surface area contributed by atoms with Gasteiger partial charge in [0.1, 0.15) is 17.3 Å². The van der Waals surface area contributed by atoms with E-state index in [-0.39, 0.29) is 11.7 Å². The molecule has 128 valence electrons. The van der Waals surface area contributed by atoms with E-state index in [1.165, 1.54) is 24.3 Å². The Morgan fingerprint density at radius 2 is 2.08 bits per heavy atom. The van der Waals surface area contributed by atoms with Crippen LogP contribution in [0.4, 0.5) is 4.39 Å². The molecule has 0 spiro atoms. The average molecular weight is 330 g/mol. The molecule has 3 rings (SSSR count). The van der Waals surface area contributed by atoms with Gasteiger partial charge in [0.2, 0.25) is 0 Å². The highest BCUT2D eigenvalue weighted by atomic mass is 19.1. The van der Waals surface area contributed by atoms with Crippen molar-refractivity contribution in [2.75, 3.05) is 19.6 Å². The average Bonchev–Trinajstić information content (AvgIpc) is 2.98. The normalized spacial score (nSPS) is 18.5. The zero-order chi connectivity index (χ0) is 16.9. The van der Waals surface area contributed by atoms with Crippen molar-refractivity contribution in [2.24, 2.45) is 5.92 Å². The Bertz CT molecular complexity index is 681. The molecule has 0 aliphatic carbocycles. The lowest BCUT2D eigenvalue weighted by Crippen LogP contribution is -2.40. The maximum absolute atomic E-state index is 12.9. The van der Waals surface area contributed by atoms with Crippen molar-refractivity contribution in [2.45, 2.75) is 26.3 Å². The molecule has 0 saturated carbocycles. The monoisotopic (exact) mass is 330 g/mol. The minimum absolute atomic E-state index is 0.145. The molecule has 1 aliphatic rings. The van der Waals surface area contributed by atoms with Gasteiger partial charge in [0, 0.05) is 18.7 Å². The molecule has 1 aromatic carbocycles. The minimum Gasteiger partial charge on any atom is -0.465 e. The summed E-state index contributed by atoms with van der Waals surface area (Å²) in [6, 6.07) is 9.65. The Morgan fingerprint density at radius 1 is 1.29 bits per heavy atom. The van der Waals surface area contributed by atoms with E-state index in [1.807, 2.05) is 19.1 Å². The maximum atomic E-state index is 12.9. The number of aryl methyl sites for hydroxylation is 1. The van der Waals surface area contributed by atoms with Crippen LogP contribution in [0.3, 0.4) is 0 Å². The number of benzene rings is 1. The predicted molar refractivity (Wildman–Crippen MR) is 90.2 cm³/mol. The first-order valence-corrected chi connectivity index (χ1v) is 8.41. The second-order valence-corrected chi connectivity index (χ2v) is 6.47. The van der Waals surface area contributed by atoms with Gasteiger partial charge in [0.15, 0.2) is 0 Å². The summed E-state index contributed by atoms with van der Waals surface area (Å²) in [6.45, 7) is 5.42. The molecule has 0 radical (unpaired) electrons. The number of likely N-dealkylation sites (tertiary alicyclic amines) is 1. The Balaban J connectivity index is 1.48. The number of hydrogen-bond donors (Lipinski definition) is 1. The zero-order valence-corrected chi connectivity index (χ0v) is 13.9. The predicted octanol–water partition coefficient (Wildman–Crippen LogP) is 3.37. The third-order valence-corrected chi connectivity index (χ3v) is 4.44. The number of hydrogen-bond acceptors (Lipinski definition) is 3. The first-order valence-electron chi connectivity index (χ1n) is 8.41. The molecule has 1 aliphatic heterocycles. The number of rotatable bonds is 5. The minimum atomic E-state index is -0.331. The summed E-state index contributed by atoms with van der Waals surface area (Å²) in [5, 5.41) is 2.97. The van der Waals surface area contributed by atoms with E-state index in [0.717, 1.165) is 44.0 Å². The quantitative estimate of drug-likeness (QED) is 0.914. The van der Waals surface area contributed by atoms with Crippen molar-refractivity contribution in [3.8, 4) is 0 Å². The molecule has 2 aromatic rings. The molecule has 1 saturated heterocycles. The van der Waals surface area contributed by atoms with Gasteiger partial charge >= 0.3 is 0 Å². The van der Waals surface area contributed by atoms with Gasteiger partial charge < -0.3 is 9.73 Å². The van der Waals surface area contributed by atoms with Crippen LogP contribution in [0.5, 0.6) is 0 Å². The number of amides is 1. The van der Waals surface area contributed by atoms with E-state index in [1.54, 1.807) is 0 Å². The Hall–Kier alpha value is -2.14. The molecule has 1 fully saturated rings. The van der Waals surface area contributed by atoms with Crippen LogP contribution in [-0.4, -0.2) is 30.4 Å². The van der Waals surface area contributed by atoms with Gasteiger partial charge in [0.25, 0.3) is 5.91 Å². The molecule has 2 heterocycles. The lowest BCUT2D eigenvalue weighted by molar-refractivity contribution is 0.0928. The number of carbonyl (C=O) groups is 1. The van der Waals surface area contributed by atoms with Crippen molar-refractivity contribution in [3.63, 3.8) is 0 Å². The van der Waals surface area contributed by atoms with Crippen molar-refractivity contribution in [1.29, 1.82) is 0 Å². The van der Waals surface area contributed by atoms with Crippen LogP contribution in [-0.2, 0) is 6.54 Å². The SMILES string of the molecule is Cc1ccc(CN2CCC[C@@H](CNC(=O)c3ccc(F)cc3)C2)o1. The van der Waals surface area contributed by atoms with E-state index in [4.69, 9.17) is 4.42 Å². The summed E-state index contributed by atoms with van der Waals surface area (Å²) in [4.78, 5) is 14.5. The number of nitrogens with one attached hydrogen (secondary N) is 1.